The second-order valence-electron chi connectivity index (χ2n) is 5.38. The molecule has 1 N–H and O–H groups in total. The molecule has 19 heavy (non-hydrogen) atoms. The van der Waals surface area contributed by atoms with Crippen LogP contribution in [0.5, 0.6) is 0 Å². The molecule has 1 aliphatic rings. The predicted molar refractivity (Wildman–Crippen MR) is 75.5 cm³/mol. The van der Waals surface area contributed by atoms with Gasteiger partial charge in [0.1, 0.15) is 11.5 Å². The molecule has 0 aliphatic carbocycles. The molecule has 3 rings (SSSR count). The fraction of sp³-hybridized carbons (Fsp3) is 0.385. The van der Waals surface area contributed by atoms with Gasteiger partial charge in [-0.2, -0.15) is 0 Å². The molecule has 0 saturated heterocycles. The van der Waals surface area contributed by atoms with Crippen LogP contribution >= 0.6 is 15.9 Å². The monoisotopic (exact) mass is 324 g/mol. The molecular formula is C13H14BrFN4. The van der Waals surface area contributed by atoms with E-state index in [1.54, 1.807) is 4.68 Å². The number of aryl methyl sites for hydroxylation is 1. The number of fused-ring (bicyclic) bond motifs is 3. The van der Waals surface area contributed by atoms with Crippen molar-refractivity contribution in [2.75, 3.05) is 5.32 Å². The Hall–Kier alpha value is -1.43. The molecule has 100 valence electrons. The maximum Gasteiger partial charge on any atom is 0.139 e. The highest BCUT2D eigenvalue weighted by molar-refractivity contribution is 9.10. The van der Waals surface area contributed by atoms with Crippen LogP contribution in [0.1, 0.15) is 25.1 Å². The Bertz CT molecular complexity index is 690. The van der Waals surface area contributed by atoms with Crippen LogP contribution < -0.4 is 5.32 Å². The number of nitrogens with one attached hydrogen (secondary N) is 1. The topological polar surface area (TPSA) is 42.7 Å². The van der Waals surface area contributed by atoms with E-state index in [1.165, 1.54) is 6.07 Å². The number of hydrogen-bond donors (Lipinski definition) is 1. The van der Waals surface area contributed by atoms with Crippen LogP contribution in [-0.4, -0.2) is 15.0 Å². The Balaban J connectivity index is 2.42. The largest absolute Gasteiger partial charge is 0.374 e. The Morgan fingerprint density at radius 1 is 1.42 bits per heavy atom. The summed E-state index contributed by atoms with van der Waals surface area (Å²) in [6, 6.07) is 1.52. The molecule has 0 unspecified atom stereocenters. The number of nitrogens with zero attached hydrogens (tertiary/aromatic N) is 3. The molecule has 2 heterocycles. The minimum Gasteiger partial charge on any atom is -0.374 e. The molecule has 1 aromatic heterocycles. The quantitative estimate of drug-likeness (QED) is 0.808. The zero-order valence-electron chi connectivity index (χ0n) is 11.2. The summed E-state index contributed by atoms with van der Waals surface area (Å²) in [5, 5.41) is 11.7. The van der Waals surface area contributed by atoms with Crippen molar-refractivity contribution in [2.24, 2.45) is 7.05 Å². The molecule has 0 saturated carbocycles. The second-order valence-corrected chi connectivity index (χ2v) is 6.17. The Morgan fingerprint density at radius 2 is 2.11 bits per heavy atom. The van der Waals surface area contributed by atoms with Crippen LogP contribution in [0.4, 0.5) is 10.1 Å². The lowest BCUT2D eigenvalue weighted by molar-refractivity contribution is 0.577. The first kappa shape index (κ1) is 12.6. The van der Waals surface area contributed by atoms with Crippen molar-refractivity contribution < 1.29 is 4.39 Å². The molecule has 2 aromatic rings. The van der Waals surface area contributed by atoms with Crippen LogP contribution in [0.25, 0.3) is 11.3 Å². The first-order valence-corrected chi connectivity index (χ1v) is 6.79. The summed E-state index contributed by atoms with van der Waals surface area (Å²) in [7, 11) is 1.85. The highest BCUT2D eigenvalue weighted by atomic mass is 79.9. The van der Waals surface area contributed by atoms with E-state index in [0.29, 0.717) is 4.47 Å². The zero-order valence-corrected chi connectivity index (χ0v) is 12.8. The minimum absolute atomic E-state index is 0.266. The third kappa shape index (κ3) is 1.62. The van der Waals surface area contributed by atoms with E-state index in [-0.39, 0.29) is 11.4 Å². The smallest absolute Gasteiger partial charge is 0.139 e. The van der Waals surface area contributed by atoms with Crippen LogP contribution in [0, 0.1) is 12.7 Å². The van der Waals surface area contributed by atoms with Crippen molar-refractivity contribution in [1.29, 1.82) is 0 Å². The Labute approximate surface area is 119 Å². The molecule has 0 amide bonds. The van der Waals surface area contributed by atoms with E-state index in [2.05, 4.69) is 31.6 Å². The molecule has 0 radical (unpaired) electrons. The third-order valence-electron chi connectivity index (χ3n) is 3.56. The maximum atomic E-state index is 13.9. The van der Waals surface area contributed by atoms with E-state index in [1.807, 2.05) is 27.8 Å². The number of anilines is 1. The van der Waals surface area contributed by atoms with Gasteiger partial charge in [-0.25, -0.2) is 9.07 Å². The molecule has 4 nitrogen and oxygen atoms in total. The van der Waals surface area contributed by atoms with E-state index in [0.717, 1.165) is 28.2 Å². The van der Waals surface area contributed by atoms with Gasteiger partial charge in [-0.05, 0) is 48.3 Å². The molecule has 0 spiro atoms. The summed E-state index contributed by atoms with van der Waals surface area (Å²) in [5.41, 5.74) is 4.03. The van der Waals surface area contributed by atoms with Crippen molar-refractivity contribution in [3.63, 3.8) is 0 Å². The van der Waals surface area contributed by atoms with Gasteiger partial charge in [0, 0.05) is 18.3 Å². The fourth-order valence-corrected chi connectivity index (χ4v) is 2.92. The molecule has 1 aromatic carbocycles. The molecule has 0 atom stereocenters. The van der Waals surface area contributed by atoms with E-state index < -0.39 is 0 Å². The van der Waals surface area contributed by atoms with Gasteiger partial charge in [0.05, 0.1) is 15.7 Å². The fourth-order valence-electron chi connectivity index (χ4n) is 2.61. The van der Waals surface area contributed by atoms with Crippen LogP contribution in [0.2, 0.25) is 0 Å². The molecule has 0 fully saturated rings. The summed E-state index contributed by atoms with van der Waals surface area (Å²) in [4.78, 5) is 0. The van der Waals surface area contributed by atoms with Crippen LogP contribution in [-0.2, 0) is 12.6 Å². The highest BCUT2D eigenvalue weighted by Gasteiger charge is 2.36. The SMILES string of the molecule is Cc1c(Br)c(F)cc2c1-c1c(nnn1C)C(C)(C)N2. The number of benzene rings is 1. The van der Waals surface area contributed by atoms with Crippen LogP contribution in [0.3, 0.4) is 0 Å². The normalized spacial score (nSPS) is 15.7. The number of aromatic nitrogens is 3. The lowest BCUT2D eigenvalue weighted by atomic mass is 9.88. The van der Waals surface area contributed by atoms with Crippen molar-refractivity contribution >= 4 is 21.6 Å². The number of hydrogen-bond acceptors (Lipinski definition) is 3. The van der Waals surface area contributed by atoms with Gasteiger partial charge in [-0.3, -0.25) is 0 Å². The average Bonchev–Trinajstić information content (AvgIpc) is 2.69. The third-order valence-corrected chi connectivity index (χ3v) is 4.53. The van der Waals surface area contributed by atoms with Gasteiger partial charge in [-0.15, -0.1) is 5.10 Å². The number of halogens is 2. The van der Waals surface area contributed by atoms with E-state index in [4.69, 9.17) is 0 Å². The van der Waals surface area contributed by atoms with Gasteiger partial charge < -0.3 is 5.32 Å². The summed E-state index contributed by atoms with van der Waals surface area (Å²) >= 11 is 3.30. The predicted octanol–water partition coefficient (Wildman–Crippen LogP) is 3.35. The van der Waals surface area contributed by atoms with Crippen molar-refractivity contribution in [3.8, 4) is 11.3 Å². The zero-order chi connectivity index (χ0) is 13.9. The summed E-state index contributed by atoms with van der Waals surface area (Å²) in [5.74, 6) is -0.266. The van der Waals surface area contributed by atoms with Gasteiger partial charge >= 0.3 is 0 Å². The summed E-state index contributed by atoms with van der Waals surface area (Å²) in [6.45, 7) is 5.92. The van der Waals surface area contributed by atoms with E-state index >= 15 is 0 Å². The maximum absolute atomic E-state index is 13.9. The van der Waals surface area contributed by atoms with Gasteiger partial charge in [0.2, 0.25) is 0 Å². The Morgan fingerprint density at radius 3 is 2.79 bits per heavy atom. The molecule has 1 aliphatic heterocycles. The minimum atomic E-state index is -0.372. The highest BCUT2D eigenvalue weighted by Crippen LogP contribution is 2.45. The van der Waals surface area contributed by atoms with Crippen molar-refractivity contribution in [2.45, 2.75) is 26.3 Å². The summed E-state index contributed by atoms with van der Waals surface area (Å²) in [6.07, 6.45) is 0. The van der Waals surface area contributed by atoms with Crippen LogP contribution in [0.15, 0.2) is 10.5 Å². The molecule has 6 heteroatoms. The lowest BCUT2D eigenvalue weighted by Gasteiger charge is -2.33. The molecular weight excluding hydrogens is 311 g/mol. The van der Waals surface area contributed by atoms with Gasteiger partial charge in [0.25, 0.3) is 0 Å². The van der Waals surface area contributed by atoms with Crippen molar-refractivity contribution in [1.82, 2.24) is 15.0 Å². The Kier molecular flexibility index (Phi) is 2.51. The van der Waals surface area contributed by atoms with Gasteiger partial charge in [-0.1, -0.05) is 5.21 Å². The standard InChI is InChI=1S/C13H14BrFN4/c1-6-9-8(5-7(15)10(6)14)16-13(2,3)12-11(9)19(4)18-17-12/h5,16H,1-4H3. The first-order valence-electron chi connectivity index (χ1n) is 6.00. The summed E-state index contributed by atoms with van der Waals surface area (Å²) < 4.78 is 16.1. The van der Waals surface area contributed by atoms with E-state index in [9.17, 15) is 4.39 Å². The lowest BCUT2D eigenvalue weighted by Crippen LogP contribution is -2.33. The average molecular weight is 325 g/mol. The van der Waals surface area contributed by atoms with Crippen molar-refractivity contribution in [3.05, 3.63) is 27.6 Å². The first-order chi connectivity index (χ1) is 8.83. The second kappa shape index (κ2) is 3.79. The molecule has 0 bridgehead atoms. The number of rotatable bonds is 0. The van der Waals surface area contributed by atoms with Gasteiger partial charge in [0.15, 0.2) is 0 Å².